The lowest BCUT2D eigenvalue weighted by atomic mass is 10.1. The van der Waals surface area contributed by atoms with Gasteiger partial charge in [0.1, 0.15) is 5.82 Å². The van der Waals surface area contributed by atoms with Crippen molar-refractivity contribution in [1.82, 2.24) is 20.5 Å². The van der Waals surface area contributed by atoms with Gasteiger partial charge in [0.15, 0.2) is 0 Å². The third-order valence-electron chi connectivity index (χ3n) is 3.29. The number of hydrogen-bond donors (Lipinski definition) is 2. The van der Waals surface area contributed by atoms with Gasteiger partial charge in [-0.25, -0.2) is 4.98 Å². The standard InChI is InChI=1S/C15H18Cl2N4OS/c1-4-13-19-15(21-20-13)23-9(3)14(22)18-8(2)11-6-5-10(16)7-12(11)17/h5-9H,4H2,1-3H3,(H,18,22)(H,19,20,21). The number of nitrogens with zero attached hydrogens (tertiary/aromatic N) is 2. The summed E-state index contributed by atoms with van der Waals surface area (Å²) < 4.78 is 0. The molecule has 2 N–H and O–H groups in total. The Morgan fingerprint density at radius 2 is 2.13 bits per heavy atom. The number of carbonyl (C=O) groups is 1. The van der Waals surface area contributed by atoms with Gasteiger partial charge in [0.05, 0.1) is 11.3 Å². The van der Waals surface area contributed by atoms with Crippen LogP contribution in [0.25, 0.3) is 0 Å². The first-order valence-corrected chi connectivity index (χ1v) is 8.87. The van der Waals surface area contributed by atoms with Crippen molar-refractivity contribution in [2.24, 2.45) is 0 Å². The molecule has 0 aliphatic rings. The van der Waals surface area contributed by atoms with Gasteiger partial charge < -0.3 is 5.32 Å². The first-order chi connectivity index (χ1) is 10.9. The van der Waals surface area contributed by atoms with E-state index in [-0.39, 0.29) is 17.2 Å². The number of halogens is 2. The number of aromatic nitrogens is 3. The van der Waals surface area contributed by atoms with Crippen molar-refractivity contribution in [2.75, 3.05) is 0 Å². The highest BCUT2D eigenvalue weighted by atomic mass is 35.5. The van der Waals surface area contributed by atoms with Crippen LogP contribution in [-0.4, -0.2) is 26.3 Å². The minimum absolute atomic E-state index is 0.101. The molecule has 2 atom stereocenters. The fraction of sp³-hybridized carbons (Fsp3) is 0.400. The van der Waals surface area contributed by atoms with Crippen molar-refractivity contribution in [3.8, 4) is 0 Å². The van der Waals surface area contributed by atoms with Gasteiger partial charge in [-0.2, -0.15) is 0 Å². The molecule has 124 valence electrons. The summed E-state index contributed by atoms with van der Waals surface area (Å²) >= 11 is 13.4. The number of hydrogen-bond acceptors (Lipinski definition) is 4. The maximum atomic E-state index is 12.3. The van der Waals surface area contributed by atoms with Crippen LogP contribution in [0.2, 0.25) is 10.0 Å². The van der Waals surface area contributed by atoms with Gasteiger partial charge in [0.2, 0.25) is 11.1 Å². The zero-order chi connectivity index (χ0) is 17.0. The van der Waals surface area contributed by atoms with Crippen LogP contribution in [0.15, 0.2) is 23.4 Å². The normalized spacial score (nSPS) is 13.6. The van der Waals surface area contributed by atoms with Gasteiger partial charge in [-0.15, -0.1) is 5.10 Å². The number of aromatic amines is 1. The summed E-state index contributed by atoms with van der Waals surface area (Å²) in [5.74, 6) is 0.706. The molecule has 0 spiro atoms. The molecule has 1 aromatic carbocycles. The molecule has 0 aliphatic heterocycles. The second kappa shape index (κ2) is 8.04. The lowest BCUT2D eigenvalue weighted by Gasteiger charge is -2.18. The fourth-order valence-electron chi connectivity index (χ4n) is 1.96. The molecule has 0 bridgehead atoms. The average Bonchev–Trinajstić information content (AvgIpc) is 2.94. The van der Waals surface area contributed by atoms with Crippen LogP contribution in [0.1, 0.15) is 38.2 Å². The predicted molar refractivity (Wildman–Crippen MR) is 94.1 cm³/mol. The molecule has 0 saturated carbocycles. The molecule has 2 aromatic rings. The number of carbonyl (C=O) groups excluding carboxylic acids is 1. The predicted octanol–water partition coefficient (Wildman–Crippen LogP) is 4.03. The lowest BCUT2D eigenvalue weighted by Crippen LogP contribution is -2.33. The summed E-state index contributed by atoms with van der Waals surface area (Å²) in [6.45, 7) is 5.69. The van der Waals surface area contributed by atoms with Crippen molar-refractivity contribution in [3.05, 3.63) is 39.6 Å². The first-order valence-electron chi connectivity index (χ1n) is 7.24. The van der Waals surface area contributed by atoms with Crippen LogP contribution < -0.4 is 5.32 Å². The van der Waals surface area contributed by atoms with Crippen molar-refractivity contribution >= 4 is 40.9 Å². The van der Waals surface area contributed by atoms with Crippen molar-refractivity contribution in [3.63, 3.8) is 0 Å². The molecular weight excluding hydrogens is 355 g/mol. The molecule has 0 saturated heterocycles. The molecule has 0 aliphatic carbocycles. The van der Waals surface area contributed by atoms with E-state index >= 15 is 0 Å². The SMILES string of the molecule is CCc1nc(SC(C)C(=O)NC(C)c2ccc(Cl)cc2Cl)n[nH]1. The van der Waals surface area contributed by atoms with E-state index in [4.69, 9.17) is 23.2 Å². The molecule has 23 heavy (non-hydrogen) atoms. The summed E-state index contributed by atoms with van der Waals surface area (Å²) in [6.07, 6.45) is 0.778. The van der Waals surface area contributed by atoms with Crippen LogP contribution in [0.4, 0.5) is 0 Å². The number of benzene rings is 1. The summed E-state index contributed by atoms with van der Waals surface area (Å²) in [7, 11) is 0. The fourth-order valence-corrected chi connectivity index (χ4v) is 3.29. The van der Waals surface area contributed by atoms with Crippen molar-refractivity contribution in [2.45, 2.75) is 43.6 Å². The Balaban J connectivity index is 1.97. The van der Waals surface area contributed by atoms with Crippen LogP contribution >= 0.6 is 35.0 Å². The molecule has 1 amide bonds. The zero-order valence-corrected chi connectivity index (χ0v) is 15.4. The van der Waals surface area contributed by atoms with Gasteiger partial charge >= 0.3 is 0 Å². The lowest BCUT2D eigenvalue weighted by molar-refractivity contribution is -0.120. The van der Waals surface area contributed by atoms with E-state index in [2.05, 4.69) is 20.5 Å². The maximum Gasteiger partial charge on any atom is 0.233 e. The van der Waals surface area contributed by atoms with Gasteiger partial charge in [-0.05, 0) is 31.5 Å². The molecule has 5 nitrogen and oxygen atoms in total. The molecule has 2 unspecified atom stereocenters. The van der Waals surface area contributed by atoms with E-state index in [0.29, 0.717) is 15.2 Å². The second-order valence-corrected chi connectivity index (χ2v) is 7.23. The van der Waals surface area contributed by atoms with E-state index < -0.39 is 0 Å². The van der Waals surface area contributed by atoms with Crippen molar-refractivity contribution < 1.29 is 4.79 Å². The summed E-state index contributed by atoms with van der Waals surface area (Å²) in [5, 5.41) is 11.2. The Bertz CT molecular complexity index is 692. The Morgan fingerprint density at radius 1 is 1.39 bits per heavy atom. The number of rotatable bonds is 6. The number of thioether (sulfide) groups is 1. The maximum absolute atomic E-state index is 12.3. The Hall–Kier alpha value is -1.24. The van der Waals surface area contributed by atoms with E-state index in [1.54, 1.807) is 12.1 Å². The molecule has 1 heterocycles. The van der Waals surface area contributed by atoms with E-state index in [9.17, 15) is 4.79 Å². The van der Waals surface area contributed by atoms with E-state index in [1.807, 2.05) is 26.8 Å². The summed E-state index contributed by atoms with van der Waals surface area (Å²) in [4.78, 5) is 16.6. The summed E-state index contributed by atoms with van der Waals surface area (Å²) in [6, 6.07) is 5.02. The van der Waals surface area contributed by atoms with Gasteiger partial charge in [-0.3, -0.25) is 9.89 Å². The third kappa shape index (κ3) is 4.86. The Morgan fingerprint density at radius 3 is 2.74 bits per heavy atom. The van der Waals surface area contributed by atoms with Crippen LogP contribution in [0.5, 0.6) is 0 Å². The highest BCUT2D eigenvalue weighted by molar-refractivity contribution is 8.00. The largest absolute Gasteiger partial charge is 0.349 e. The Kier molecular flexibility index (Phi) is 6.33. The first kappa shape index (κ1) is 18.1. The van der Waals surface area contributed by atoms with E-state index in [1.165, 1.54) is 11.8 Å². The number of H-pyrrole nitrogens is 1. The smallest absolute Gasteiger partial charge is 0.233 e. The van der Waals surface area contributed by atoms with Gasteiger partial charge in [0, 0.05) is 16.5 Å². The monoisotopic (exact) mass is 372 g/mol. The van der Waals surface area contributed by atoms with Gasteiger partial charge in [-0.1, -0.05) is 48.0 Å². The zero-order valence-electron chi connectivity index (χ0n) is 13.1. The van der Waals surface area contributed by atoms with Crippen LogP contribution in [0.3, 0.4) is 0 Å². The third-order valence-corrected chi connectivity index (χ3v) is 4.81. The molecule has 0 radical (unpaired) electrons. The van der Waals surface area contributed by atoms with E-state index in [0.717, 1.165) is 17.8 Å². The molecule has 2 rings (SSSR count). The minimum atomic E-state index is -0.316. The quantitative estimate of drug-likeness (QED) is 0.750. The van der Waals surface area contributed by atoms with Gasteiger partial charge in [0.25, 0.3) is 0 Å². The average molecular weight is 373 g/mol. The van der Waals surface area contributed by atoms with Crippen LogP contribution in [-0.2, 0) is 11.2 Å². The number of nitrogens with one attached hydrogen (secondary N) is 2. The molecule has 0 fully saturated rings. The number of aryl methyl sites for hydroxylation is 1. The highest BCUT2D eigenvalue weighted by Gasteiger charge is 2.20. The number of amides is 1. The summed E-state index contributed by atoms with van der Waals surface area (Å²) in [5.41, 5.74) is 0.827. The Labute approximate surface area is 149 Å². The topological polar surface area (TPSA) is 70.7 Å². The molecular formula is C15H18Cl2N4OS. The van der Waals surface area contributed by atoms with Crippen LogP contribution in [0, 0.1) is 0 Å². The molecule has 8 heteroatoms. The van der Waals surface area contributed by atoms with Crippen molar-refractivity contribution in [1.29, 1.82) is 0 Å². The highest BCUT2D eigenvalue weighted by Crippen LogP contribution is 2.27. The second-order valence-electron chi connectivity index (χ2n) is 5.07. The minimum Gasteiger partial charge on any atom is -0.349 e. The molecule has 1 aromatic heterocycles.